The van der Waals surface area contributed by atoms with Gasteiger partial charge in [-0.1, -0.05) is 12.1 Å². The van der Waals surface area contributed by atoms with Gasteiger partial charge in [0, 0.05) is 18.5 Å². The van der Waals surface area contributed by atoms with E-state index in [0.29, 0.717) is 18.5 Å². The van der Waals surface area contributed by atoms with Gasteiger partial charge in [0.2, 0.25) is 5.91 Å². The van der Waals surface area contributed by atoms with E-state index in [-0.39, 0.29) is 23.3 Å². The highest BCUT2D eigenvalue weighted by molar-refractivity contribution is 5.76. The van der Waals surface area contributed by atoms with E-state index in [9.17, 15) is 9.18 Å². The molecule has 1 rings (SSSR count). The second-order valence-electron chi connectivity index (χ2n) is 6.22. The van der Waals surface area contributed by atoms with Crippen LogP contribution in [-0.4, -0.2) is 18.0 Å². The maximum absolute atomic E-state index is 13.5. The molecule has 1 atom stereocenters. The number of rotatable bonds is 5. The molecule has 0 saturated carbocycles. The van der Waals surface area contributed by atoms with Crippen LogP contribution in [0, 0.1) is 12.7 Å². The molecule has 112 valence electrons. The molecule has 0 heterocycles. The molecule has 0 spiro atoms. The zero-order chi connectivity index (χ0) is 15.3. The van der Waals surface area contributed by atoms with Gasteiger partial charge in [-0.25, -0.2) is 4.39 Å². The van der Waals surface area contributed by atoms with E-state index in [4.69, 9.17) is 0 Å². The second kappa shape index (κ2) is 6.84. The summed E-state index contributed by atoms with van der Waals surface area (Å²) in [7, 11) is 0. The number of hydrogen-bond donors (Lipinski definition) is 2. The Morgan fingerprint density at radius 3 is 2.55 bits per heavy atom. The van der Waals surface area contributed by atoms with Crippen molar-refractivity contribution in [1.29, 1.82) is 0 Å². The zero-order valence-corrected chi connectivity index (χ0v) is 13.0. The molecule has 0 bridgehead atoms. The van der Waals surface area contributed by atoms with Crippen molar-refractivity contribution >= 4 is 5.91 Å². The van der Waals surface area contributed by atoms with E-state index in [2.05, 4.69) is 31.4 Å². The van der Waals surface area contributed by atoms with Crippen LogP contribution >= 0.6 is 0 Å². The Hall–Kier alpha value is -1.42. The van der Waals surface area contributed by atoms with Gasteiger partial charge < -0.3 is 10.6 Å². The lowest BCUT2D eigenvalue weighted by atomic mass is 10.1. The summed E-state index contributed by atoms with van der Waals surface area (Å²) in [6, 6.07) is 4.87. The smallest absolute Gasteiger partial charge is 0.221 e. The quantitative estimate of drug-likeness (QED) is 0.870. The fourth-order valence-corrected chi connectivity index (χ4v) is 1.83. The van der Waals surface area contributed by atoms with Gasteiger partial charge in [0.1, 0.15) is 5.82 Å². The molecular formula is C16H25FN2O. The highest BCUT2D eigenvalue weighted by atomic mass is 19.1. The Labute approximate surface area is 121 Å². The van der Waals surface area contributed by atoms with Gasteiger partial charge in [-0.2, -0.15) is 0 Å². The van der Waals surface area contributed by atoms with Crippen LogP contribution < -0.4 is 10.6 Å². The van der Waals surface area contributed by atoms with E-state index in [0.717, 1.165) is 5.56 Å². The van der Waals surface area contributed by atoms with Crippen LogP contribution in [-0.2, 0) is 4.79 Å². The number of halogens is 1. The Morgan fingerprint density at radius 1 is 1.35 bits per heavy atom. The first-order valence-corrected chi connectivity index (χ1v) is 6.99. The molecule has 0 fully saturated rings. The lowest BCUT2D eigenvalue weighted by Crippen LogP contribution is -2.38. The molecular weight excluding hydrogens is 255 g/mol. The third-order valence-electron chi connectivity index (χ3n) is 3.08. The lowest BCUT2D eigenvalue weighted by Gasteiger charge is -2.21. The fraction of sp³-hybridized carbons (Fsp3) is 0.562. The van der Waals surface area contributed by atoms with Gasteiger partial charge >= 0.3 is 0 Å². The van der Waals surface area contributed by atoms with Crippen LogP contribution in [0.3, 0.4) is 0 Å². The summed E-state index contributed by atoms with van der Waals surface area (Å²) in [5, 5.41) is 6.15. The molecule has 4 heteroatoms. The van der Waals surface area contributed by atoms with Gasteiger partial charge in [-0.05, 0) is 51.8 Å². The van der Waals surface area contributed by atoms with E-state index < -0.39 is 0 Å². The predicted molar refractivity (Wildman–Crippen MR) is 80.1 cm³/mol. The largest absolute Gasteiger partial charge is 0.350 e. The van der Waals surface area contributed by atoms with Crippen molar-refractivity contribution in [2.24, 2.45) is 0 Å². The average Bonchev–Trinajstić information content (AvgIpc) is 2.30. The van der Waals surface area contributed by atoms with Crippen molar-refractivity contribution in [2.45, 2.75) is 52.6 Å². The van der Waals surface area contributed by atoms with E-state index in [1.807, 2.05) is 13.0 Å². The van der Waals surface area contributed by atoms with Gasteiger partial charge in [-0.15, -0.1) is 0 Å². The molecule has 1 aromatic rings. The minimum Gasteiger partial charge on any atom is -0.350 e. The first-order chi connectivity index (χ1) is 9.19. The fourth-order valence-electron chi connectivity index (χ4n) is 1.83. The molecule has 1 aromatic carbocycles. The first kappa shape index (κ1) is 16.6. The number of carbonyl (C=O) groups excluding carboxylic acids is 1. The van der Waals surface area contributed by atoms with Crippen molar-refractivity contribution in [2.75, 3.05) is 6.54 Å². The highest BCUT2D eigenvalue weighted by Gasteiger charge is 2.13. The molecule has 2 N–H and O–H groups in total. The van der Waals surface area contributed by atoms with Crippen molar-refractivity contribution in [3.8, 4) is 0 Å². The van der Waals surface area contributed by atoms with E-state index in [1.165, 1.54) is 6.07 Å². The molecule has 3 nitrogen and oxygen atoms in total. The molecule has 20 heavy (non-hydrogen) atoms. The van der Waals surface area contributed by atoms with Crippen LogP contribution in [0.2, 0.25) is 0 Å². The molecule has 1 amide bonds. The van der Waals surface area contributed by atoms with Gasteiger partial charge in [0.25, 0.3) is 0 Å². The highest BCUT2D eigenvalue weighted by Crippen LogP contribution is 2.16. The summed E-state index contributed by atoms with van der Waals surface area (Å²) in [5.74, 6) is -0.270. The van der Waals surface area contributed by atoms with Gasteiger partial charge in [0.05, 0.1) is 6.04 Å². The number of carbonyl (C=O) groups is 1. The minimum absolute atomic E-state index is 0.00593. The summed E-state index contributed by atoms with van der Waals surface area (Å²) in [6.45, 7) is 10.4. The molecule has 1 unspecified atom stereocenters. The van der Waals surface area contributed by atoms with Crippen LogP contribution in [0.25, 0.3) is 0 Å². The van der Waals surface area contributed by atoms with E-state index in [1.54, 1.807) is 13.0 Å². The molecule has 0 saturated heterocycles. The van der Waals surface area contributed by atoms with Crippen molar-refractivity contribution < 1.29 is 9.18 Å². The third-order valence-corrected chi connectivity index (χ3v) is 3.08. The molecule has 0 aliphatic rings. The standard InChI is InChI=1S/C16H25FN2O/c1-11-6-7-13(10-14(11)17)12(2)19-15(20)8-9-18-16(3,4)5/h6-7,10,12,18H,8-9H2,1-5H3,(H,19,20). The van der Waals surface area contributed by atoms with Crippen LogP contribution in [0.1, 0.15) is 51.3 Å². The van der Waals surface area contributed by atoms with Crippen molar-refractivity contribution in [1.82, 2.24) is 10.6 Å². The summed E-state index contributed by atoms with van der Waals surface area (Å²) < 4.78 is 13.5. The number of aryl methyl sites for hydroxylation is 1. The second-order valence-corrected chi connectivity index (χ2v) is 6.22. The Bertz CT molecular complexity index is 466. The first-order valence-electron chi connectivity index (χ1n) is 6.99. The average molecular weight is 280 g/mol. The molecule has 0 aliphatic heterocycles. The lowest BCUT2D eigenvalue weighted by molar-refractivity contribution is -0.121. The summed E-state index contributed by atoms with van der Waals surface area (Å²) >= 11 is 0. The van der Waals surface area contributed by atoms with Crippen molar-refractivity contribution in [3.63, 3.8) is 0 Å². The monoisotopic (exact) mass is 280 g/mol. The summed E-state index contributed by atoms with van der Waals surface area (Å²) in [6.07, 6.45) is 0.413. The van der Waals surface area contributed by atoms with Crippen LogP contribution in [0.4, 0.5) is 4.39 Å². The number of benzene rings is 1. The summed E-state index contributed by atoms with van der Waals surface area (Å²) in [5.41, 5.74) is 1.40. The number of nitrogens with one attached hydrogen (secondary N) is 2. The molecule has 0 aliphatic carbocycles. The van der Waals surface area contributed by atoms with Gasteiger partial charge in [-0.3, -0.25) is 4.79 Å². The number of amides is 1. The Morgan fingerprint density at radius 2 is 2.00 bits per heavy atom. The minimum atomic E-state index is -0.238. The number of hydrogen-bond acceptors (Lipinski definition) is 2. The predicted octanol–water partition coefficient (Wildman–Crippen LogP) is 3.09. The summed E-state index contributed by atoms with van der Waals surface area (Å²) in [4.78, 5) is 11.8. The maximum Gasteiger partial charge on any atom is 0.221 e. The Balaban J connectivity index is 2.47. The Kier molecular flexibility index (Phi) is 5.69. The van der Waals surface area contributed by atoms with E-state index >= 15 is 0 Å². The molecule has 0 radical (unpaired) electrons. The topological polar surface area (TPSA) is 41.1 Å². The van der Waals surface area contributed by atoms with Crippen LogP contribution in [0.5, 0.6) is 0 Å². The van der Waals surface area contributed by atoms with Crippen molar-refractivity contribution in [3.05, 3.63) is 35.1 Å². The third kappa shape index (κ3) is 5.70. The normalized spacial score (nSPS) is 13.1. The van der Waals surface area contributed by atoms with Crippen LogP contribution in [0.15, 0.2) is 18.2 Å². The zero-order valence-electron chi connectivity index (χ0n) is 13.0. The SMILES string of the molecule is Cc1ccc(C(C)NC(=O)CCNC(C)(C)C)cc1F. The molecule has 0 aromatic heterocycles. The van der Waals surface area contributed by atoms with Gasteiger partial charge in [0.15, 0.2) is 0 Å². The maximum atomic E-state index is 13.5.